The zero-order chi connectivity index (χ0) is 13.2. The highest BCUT2D eigenvalue weighted by atomic mass is 32.1. The maximum absolute atomic E-state index is 9.62. The minimum Gasteiger partial charge on any atom is -0.395 e. The van der Waals surface area contributed by atoms with Gasteiger partial charge in [-0.3, -0.25) is 0 Å². The molecule has 1 aliphatic rings. The lowest BCUT2D eigenvalue weighted by molar-refractivity contribution is 0.255. The Morgan fingerprint density at radius 2 is 2.26 bits per heavy atom. The van der Waals surface area contributed by atoms with Gasteiger partial charge < -0.3 is 15.7 Å². The van der Waals surface area contributed by atoms with Gasteiger partial charge in [-0.1, -0.05) is 12.8 Å². The number of nitrogens with two attached hydrogens (primary N) is 1. The molecule has 1 aliphatic heterocycles. The van der Waals surface area contributed by atoms with Gasteiger partial charge in [-0.25, -0.2) is 4.98 Å². The maximum atomic E-state index is 9.62. The lowest BCUT2D eigenvalue weighted by atomic mass is 10.1. The summed E-state index contributed by atoms with van der Waals surface area (Å²) in [6.45, 7) is 1.15. The largest absolute Gasteiger partial charge is 0.395 e. The number of aliphatic hydroxyl groups is 1. The van der Waals surface area contributed by atoms with E-state index in [1.54, 1.807) is 11.3 Å². The molecular weight excluding hydrogens is 258 g/mol. The van der Waals surface area contributed by atoms with Gasteiger partial charge in [-0.05, 0) is 25.0 Å². The van der Waals surface area contributed by atoms with Crippen molar-refractivity contribution in [1.82, 2.24) is 4.98 Å². The van der Waals surface area contributed by atoms with E-state index >= 15 is 0 Å². The molecule has 1 fully saturated rings. The van der Waals surface area contributed by atoms with Crippen LogP contribution in [0, 0.1) is 0 Å². The first kappa shape index (κ1) is 12.7. The number of rotatable bonds is 2. The number of aromatic nitrogens is 1. The van der Waals surface area contributed by atoms with Crippen molar-refractivity contribution in [2.24, 2.45) is 0 Å². The van der Waals surface area contributed by atoms with Gasteiger partial charge in [0.25, 0.3) is 0 Å². The molecule has 1 aromatic carbocycles. The van der Waals surface area contributed by atoms with Crippen molar-refractivity contribution in [3.8, 4) is 0 Å². The molecule has 0 radical (unpaired) electrons. The topological polar surface area (TPSA) is 62.4 Å². The first-order chi connectivity index (χ1) is 9.31. The maximum Gasteiger partial charge on any atom is 0.106 e. The summed E-state index contributed by atoms with van der Waals surface area (Å²) < 4.78 is 1.12. The number of fused-ring (bicyclic) bond motifs is 1. The molecule has 19 heavy (non-hydrogen) atoms. The monoisotopic (exact) mass is 277 g/mol. The summed E-state index contributed by atoms with van der Waals surface area (Å²) >= 11 is 1.61. The van der Waals surface area contributed by atoms with Crippen LogP contribution < -0.4 is 10.6 Å². The summed E-state index contributed by atoms with van der Waals surface area (Å²) in [4.78, 5) is 6.62. The molecule has 1 aromatic heterocycles. The van der Waals surface area contributed by atoms with E-state index in [9.17, 15) is 5.11 Å². The summed E-state index contributed by atoms with van der Waals surface area (Å²) in [6.07, 6.45) is 4.60. The second kappa shape index (κ2) is 5.35. The Morgan fingerprint density at radius 1 is 1.37 bits per heavy atom. The predicted octanol–water partition coefficient (Wildman–Crippen LogP) is 2.62. The summed E-state index contributed by atoms with van der Waals surface area (Å²) in [5.41, 5.74) is 10.8. The van der Waals surface area contributed by atoms with Crippen molar-refractivity contribution < 1.29 is 5.11 Å². The third-order valence-electron chi connectivity index (χ3n) is 3.92. The lowest BCUT2D eigenvalue weighted by Crippen LogP contribution is -2.38. The predicted molar refractivity (Wildman–Crippen MR) is 80.7 cm³/mol. The highest BCUT2D eigenvalue weighted by molar-refractivity contribution is 7.16. The smallest absolute Gasteiger partial charge is 0.106 e. The van der Waals surface area contributed by atoms with E-state index in [1.165, 1.54) is 12.8 Å². The zero-order valence-corrected chi connectivity index (χ0v) is 11.7. The summed E-state index contributed by atoms with van der Waals surface area (Å²) in [5, 5.41) is 9.62. The molecule has 0 amide bonds. The van der Waals surface area contributed by atoms with E-state index in [0.29, 0.717) is 0 Å². The van der Waals surface area contributed by atoms with Crippen LogP contribution >= 0.6 is 11.3 Å². The average molecular weight is 277 g/mol. The van der Waals surface area contributed by atoms with E-state index in [0.717, 1.165) is 41.0 Å². The number of aliphatic hydroxyl groups excluding tert-OH is 1. The minimum atomic E-state index is 0.181. The molecule has 1 unspecified atom stereocenters. The van der Waals surface area contributed by atoms with Crippen molar-refractivity contribution in [1.29, 1.82) is 0 Å². The lowest BCUT2D eigenvalue weighted by Gasteiger charge is -2.31. The number of benzene rings is 1. The van der Waals surface area contributed by atoms with Crippen LogP contribution in [0.4, 0.5) is 11.4 Å². The normalized spacial score (nSPS) is 20.7. The van der Waals surface area contributed by atoms with Crippen LogP contribution in [0.1, 0.15) is 25.7 Å². The number of thiazole rings is 1. The van der Waals surface area contributed by atoms with Crippen LogP contribution in [0.5, 0.6) is 0 Å². The fraction of sp³-hybridized carbons (Fsp3) is 0.500. The number of hydrogen-bond donors (Lipinski definition) is 2. The highest BCUT2D eigenvalue weighted by Gasteiger charge is 2.23. The Labute approximate surface area is 116 Å². The highest BCUT2D eigenvalue weighted by Crippen LogP contribution is 2.35. The van der Waals surface area contributed by atoms with Gasteiger partial charge in [0.1, 0.15) is 5.52 Å². The van der Waals surface area contributed by atoms with Gasteiger partial charge in [-0.2, -0.15) is 0 Å². The van der Waals surface area contributed by atoms with Crippen LogP contribution in [0.15, 0.2) is 17.6 Å². The van der Waals surface area contributed by atoms with Gasteiger partial charge in [0.2, 0.25) is 0 Å². The molecule has 0 bridgehead atoms. The number of anilines is 2. The molecule has 0 spiro atoms. The number of hydrogen-bond acceptors (Lipinski definition) is 5. The van der Waals surface area contributed by atoms with Crippen LogP contribution in [0.25, 0.3) is 10.2 Å². The first-order valence-electron chi connectivity index (χ1n) is 6.80. The molecule has 5 heteroatoms. The second-order valence-corrected chi connectivity index (χ2v) is 5.96. The molecule has 4 nitrogen and oxygen atoms in total. The van der Waals surface area contributed by atoms with E-state index < -0.39 is 0 Å². The Bertz CT molecular complexity index is 569. The van der Waals surface area contributed by atoms with Crippen LogP contribution in [-0.2, 0) is 0 Å². The fourth-order valence-electron chi connectivity index (χ4n) is 2.88. The number of nitrogens with zero attached hydrogens (tertiary/aromatic N) is 2. The third kappa shape index (κ3) is 2.28. The SMILES string of the molecule is Nc1c(N2CCCCCC2CO)ccc2scnc12. The molecule has 102 valence electrons. The van der Waals surface area contributed by atoms with Crippen molar-refractivity contribution in [3.63, 3.8) is 0 Å². The van der Waals surface area contributed by atoms with Crippen LogP contribution in [0.2, 0.25) is 0 Å². The van der Waals surface area contributed by atoms with Gasteiger partial charge in [0.15, 0.2) is 0 Å². The molecule has 1 saturated heterocycles. The molecule has 2 aromatic rings. The van der Waals surface area contributed by atoms with Gasteiger partial charge in [0.05, 0.1) is 34.2 Å². The summed E-state index contributed by atoms with van der Waals surface area (Å²) in [7, 11) is 0. The molecular formula is C14H19N3OS. The minimum absolute atomic E-state index is 0.181. The average Bonchev–Trinajstić information content (AvgIpc) is 2.78. The molecule has 2 heterocycles. The number of nitrogen functional groups attached to an aromatic ring is 1. The molecule has 0 aliphatic carbocycles. The van der Waals surface area contributed by atoms with Crippen LogP contribution in [-0.4, -0.2) is 29.3 Å². The van der Waals surface area contributed by atoms with E-state index in [1.807, 2.05) is 5.51 Å². The zero-order valence-electron chi connectivity index (χ0n) is 10.9. The molecule has 0 saturated carbocycles. The van der Waals surface area contributed by atoms with Crippen LogP contribution in [0.3, 0.4) is 0 Å². The Hall–Kier alpha value is -1.33. The molecule has 3 N–H and O–H groups in total. The fourth-order valence-corrected chi connectivity index (χ4v) is 3.57. The van der Waals surface area contributed by atoms with E-state index in [4.69, 9.17) is 5.73 Å². The van der Waals surface area contributed by atoms with Gasteiger partial charge in [0, 0.05) is 6.54 Å². The molecule has 3 rings (SSSR count). The summed E-state index contributed by atoms with van der Waals surface area (Å²) in [6, 6.07) is 4.34. The van der Waals surface area contributed by atoms with Gasteiger partial charge >= 0.3 is 0 Å². The second-order valence-electron chi connectivity index (χ2n) is 5.08. The third-order valence-corrected chi connectivity index (χ3v) is 4.71. The van der Waals surface area contributed by atoms with Crippen molar-refractivity contribution in [2.45, 2.75) is 31.7 Å². The Balaban J connectivity index is 2.03. The standard InChI is InChI=1S/C14H19N3OS/c15-13-11(5-6-12-14(13)16-9-19-12)17-7-3-1-2-4-10(17)8-18/h5-6,9-10,18H,1-4,7-8,15H2. The Morgan fingerprint density at radius 3 is 3.11 bits per heavy atom. The van der Waals surface area contributed by atoms with Gasteiger partial charge in [-0.15, -0.1) is 11.3 Å². The molecule has 1 atom stereocenters. The van der Waals surface area contributed by atoms with Crippen molar-refractivity contribution in [3.05, 3.63) is 17.6 Å². The van der Waals surface area contributed by atoms with E-state index in [2.05, 4.69) is 22.0 Å². The quantitative estimate of drug-likeness (QED) is 0.828. The summed E-state index contributed by atoms with van der Waals surface area (Å²) in [5.74, 6) is 0. The Kier molecular flexibility index (Phi) is 3.57. The van der Waals surface area contributed by atoms with Crippen molar-refractivity contribution >= 4 is 32.9 Å². The van der Waals surface area contributed by atoms with E-state index in [-0.39, 0.29) is 12.6 Å². The van der Waals surface area contributed by atoms with Crippen molar-refractivity contribution in [2.75, 3.05) is 23.8 Å². The first-order valence-corrected chi connectivity index (χ1v) is 7.68.